The number of carbonyl (C=O) groups excluding carboxylic acids is 1. The number of fused-ring (bicyclic) bond motifs is 1. The molecule has 0 saturated heterocycles. The van der Waals surface area contributed by atoms with Crippen molar-refractivity contribution >= 4 is 22.5 Å². The van der Waals surface area contributed by atoms with Crippen molar-refractivity contribution in [2.24, 2.45) is 0 Å². The Morgan fingerprint density at radius 2 is 1.88 bits per heavy atom. The predicted molar refractivity (Wildman–Crippen MR) is 96.5 cm³/mol. The highest BCUT2D eigenvalue weighted by molar-refractivity contribution is 5.90. The van der Waals surface area contributed by atoms with Gasteiger partial charge in [0.25, 0.3) is 0 Å². The summed E-state index contributed by atoms with van der Waals surface area (Å²) in [6.45, 7) is 0.487. The van der Waals surface area contributed by atoms with Crippen molar-refractivity contribution in [3.63, 3.8) is 0 Å². The third-order valence-corrected chi connectivity index (χ3v) is 3.95. The lowest BCUT2D eigenvalue weighted by Crippen LogP contribution is -2.18. The lowest BCUT2D eigenvalue weighted by atomic mass is 10.1. The van der Waals surface area contributed by atoms with E-state index in [1.165, 1.54) is 6.20 Å². The van der Waals surface area contributed by atoms with Crippen LogP contribution in [-0.4, -0.2) is 27.4 Å². The number of nitrogens with zero attached hydrogens (tertiary/aromatic N) is 2. The molecule has 128 valence electrons. The molecule has 0 aliphatic rings. The number of carbonyl (C=O) groups is 1. The number of hydrogen-bond donors (Lipinski definition) is 2. The zero-order valence-corrected chi connectivity index (χ0v) is 13.7. The molecule has 0 atom stereocenters. The van der Waals surface area contributed by atoms with Gasteiger partial charge in [0.1, 0.15) is 0 Å². The molecule has 1 amide bonds. The number of nitrogens with one attached hydrogen (secondary N) is 1. The average Bonchev–Trinajstić information content (AvgIpc) is 2.63. The molecule has 0 radical (unpaired) electrons. The van der Waals surface area contributed by atoms with Crippen molar-refractivity contribution in [3.8, 4) is 0 Å². The maximum absolute atomic E-state index is 12.1. The topological polar surface area (TPSA) is 84.2 Å². The number of para-hydroxylation sites is 1. The fourth-order valence-corrected chi connectivity index (χ4v) is 2.65. The van der Waals surface area contributed by atoms with E-state index in [-0.39, 0.29) is 24.4 Å². The first-order valence-corrected chi connectivity index (χ1v) is 8.12. The summed E-state index contributed by atoms with van der Waals surface area (Å²) in [5, 5.41) is 16.5. The highest BCUT2D eigenvalue weighted by Crippen LogP contribution is 2.11. The van der Waals surface area contributed by atoms with E-state index in [2.05, 4.69) is 10.4 Å². The molecule has 1 heterocycles. The maximum atomic E-state index is 12.1. The zero-order chi connectivity index (χ0) is 17.6. The summed E-state index contributed by atoms with van der Waals surface area (Å²) in [5.41, 5.74) is 2.32. The summed E-state index contributed by atoms with van der Waals surface area (Å²) in [5.74, 6) is -0.125. The van der Waals surface area contributed by atoms with E-state index in [1.807, 2.05) is 36.4 Å². The summed E-state index contributed by atoms with van der Waals surface area (Å²) < 4.78 is 1.67. The molecule has 1 aromatic heterocycles. The highest BCUT2D eigenvalue weighted by atomic mass is 16.3. The van der Waals surface area contributed by atoms with Crippen LogP contribution < -0.4 is 10.7 Å². The fraction of sp³-hybridized carbons (Fsp3) is 0.211. The highest BCUT2D eigenvalue weighted by Gasteiger charge is 2.07. The van der Waals surface area contributed by atoms with Crippen LogP contribution in [0.3, 0.4) is 0 Å². The Bertz CT molecular complexity index is 933. The Hall–Kier alpha value is -2.99. The van der Waals surface area contributed by atoms with Crippen LogP contribution >= 0.6 is 0 Å². The van der Waals surface area contributed by atoms with Crippen LogP contribution in [0.15, 0.2) is 59.5 Å². The Morgan fingerprint density at radius 3 is 2.64 bits per heavy atom. The molecule has 0 spiro atoms. The molecule has 3 rings (SSSR count). The third kappa shape index (κ3) is 4.10. The standard InChI is InChI=1S/C19H19N3O3/c23-12-10-14-5-7-15(8-6-14)21-19(25)9-11-22-17-4-2-1-3-16(17)18(24)13-20-22/h1-8,13,23H,9-12H2,(H,21,25). The van der Waals surface area contributed by atoms with Crippen LogP contribution in [0.5, 0.6) is 0 Å². The van der Waals surface area contributed by atoms with E-state index in [1.54, 1.807) is 16.8 Å². The van der Waals surface area contributed by atoms with Crippen molar-refractivity contribution in [2.45, 2.75) is 19.4 Å². The van der Waals surface area contributed by atoms with Gasteiger partial charge >= 0.3 is 0 Å². The molecule has 2 aromatic carbocycles. The maximum Gasteiger partial charge on any atom is 0.226 e. The van der Waals surface area contributed by atoms with Crippen LogP contribution in [-0.2, 0) is 17.8 Å². The first-order chi connectivity index (χ1) is 12.2. The number of aromatic nitrogens is 2. The fourth-order valence-electron chi connectivity index (χ4n) is 2.65. The smallest absolute Gasteiger partial charge is 0.226 e. The number of aliphatic hydroxyl groups excluding tert-OH is 1. The second-order valence-electron chi connectivity index (χ2n) is 5.72. The van der Waals surface area contributed by atoms with Crippen LogP contribution in [0.4, 0.5) is 5.69 Å². The minimum atomic E-state index is -0.126. The number of aliphatic hydroxyl groups is 1. The van der Waals surface area contributed by atoms with Crippen molar-refractivity contribution in [3.05, 3.63) is 70.5 Å². The van der Waals surface area contributed by atoms with Crippen molar-refractivity contribution < 1.29 is 9.90 Å². The van der Waals surface area contributed by atoms with Gasteiger partial charge in [-0.2, -0.15) is 5.10 Å². The third-order valence-electron chi connectivity index (χ3n) is 3.95. The number of hydrogen-bond acceptors (Lipinski definition) is 4. The summed E-state index contributed by atoms with van der Waals surface area (Å²) in [7, 11) is 0. The first kappa shape index (κ1) is 16.9. The van der Waals surface area contributed by atoms with E-state index < -0.39 is 0 Å². The molecule has 0 unspecified atom stereocenters. The van der Waals surface area contributed by atoms with Gasteiger partial charge in [0.15, 0.2) is 0 Å². The normalized spacial score (nSPS) is 10.8. The molecule has 0 fully saturated rings. The molecule has 25 heavy (non-hydrogen) atoms. The van der Waals surface area contributed by atoms with Crippen LogP contribution in [0, 0.1) is 0 Å². The minimum absolute atomic E-state index is 0.103. The summed E-state index contributed by atoms with van der Waals surface area (Å²) in [4.78, 5) is 24.0. The monoisotopic (exact) mass is 337 g/mol. The summed E-state index contributed by atoms with van der Waals surface area (Å²) >= 11 is 0. The number of amides is 1. The van der Waals surface area contributed by atoms with Gasteiger partial charge in [-0.3, -0.25) is 14.3 Å². The molecule has 3 aromatic rings. The molecule has 0 aliphatic carbocycles. The van der Waals surface area contributed by atoms with Gasteiger partial charge < -0.3 is 10.4 Å². The lowest BCUT2D eigenvalue weighted by molar-refractivity contribution is -0.116. The molecular weight excluding hydrogens is 318 g/mol. The summed E-state index contributed by atoms with van der Waals surface area (Å²) in [6.07, 6.45) is 2.12. The van der Waals surface area contributed by atoms with Gasteiger partial charge in [-0.05, 0) is 36.2 Å². The lowest BCUT2D eigenvalue weighted by Gasteiger charge is -2.10. The van der Waals surface area contributed by atoms with E-state index in [0.717, 1.165) is 11.1 Å². The molecule has 2 N–H and O–H groups in total. The Labute approximate surface area is 144 Å². The average molecular weight is 337 g/mol. The van der Waals surface area contributed by atoms with Crippen molar-refractivity contribution in [2.75, 3.05) is 11.9 Å². The largest absolute Gasteiger partial charge is 0.396 e. The Balaban J connectivity index is 1.65. The molecular formula is C19H19N3O3. The second kappa shape index (κ2) is 7.72. The SMILES string of the molecule is O=C(CCn1ncc(=O)c2ccccc21)Nc1ccc(CCO)cc1. The number of benzene rings is 2. The van der Waals surface area contributed by atoms with Crippen LogP contribution in [0.2, 0.25) is 0 Å². The number of aryl methyl sites for hydroxylation is 1. The first-order valence-electron chi connectivity index (χ1n) is 8.12. The van der Waals surface area contributed by atoms with Gasteiger partial charge in [0, 0.05) is 24.1 Å². The second-order valence-corrected chi connectivity index (χ2v) is 5.72. The van der Waals surface area contributed by atoms with Gasteiger partial charge in [0.2, 0.25) is 11.3 Å². The zero-order valence-electron chi connectivity index (χ0n) is 13.7. The number of rotatable bonds is 6. The molecule has 0 aliphatic heterocycles. The summed E-state index contributed by atoms with van der Waals surface area (Å²) in [6, 6.07) is 14.6. The van der Waals surface area contributed by atoms with Gasteiger partial charge in [0.05, 0.1) is 18.3 Å². The van der Waals surface area contributed by atoms with Crippen molar-refractivity contribution in [1.82, 2.24) is 9.78 Å². The quantitative estimate of drug-likeness (QED) is 0.720. The Morgan fingerprint density at radius 1 is 1.12 bits per heavy atom. The van der Waals surface area contributed by atoms with Crippen LogP contribution in [0.1, 0.15) is 12.0 Å². The van der Waals surface area contributed by atoms with Gasteiger partial charge in [-0.25, -0.2) is 0 Å². The van der Waals surface area contributed by atoms with E-state index in [9.17, 15) is 9.59 Å². The van der Waals surface area contributed by atoms with Crippen molar-refractivity contribution in [1.29, 1.82) is 0 Å². The van der Waals surface area contributed by atoms with Crippen LogP contribution in [0.25, 0.3) is 10.9 Å². The molecule has 6 heteroatoms. The van der Waals surface area contributed by atoms with Gasteiger partial charge in [-0.1, -0.05) is 24.3 Å². The minimum Gasteiger partial charge on any atom is -0.396 e. The van der Waals surface area contributed by atoms with E-state index in [0.29, 0.717) is 24.0 Å². The molecule has 6 nitrogen and oxygen atoms in total. The number of anilines is 1. The molecule has 0 saturated carbocycles. The Kier molecular flexibility index (Phi) is 5.20. The van der Waals surface area contributed by atoms with Gasteiger partial charge in [-0.15, -0.1) is 0 Å². The van der Waals surface area contributed by atoms with E-state index >= 15 is 0 Å². The molecule has 0 bridgehead atoms. The predicted octanol–water partition coefficient (Wildman–Crippen LogP) is 1.96. The van der Waals surface area contributed by atoms with E-state index in [4.69, 9.17) is 5.11 Å².